The van der Waals surface area contributed by atoms with E-state index in [1.807, 2.05) is 13.0 Å². The zero-order valence-electron chi connectivity index (χ0n) is 20.4. The van der Waals surface area contributed by atoms with Gasteiger partial charge in [0.2, 0.25) is 0 Å². The molecule has 0 radical (unpaired) electrons. The molecule has 0 saturated carbocycles. The number of amides is 1. The van der Waals surface area contributed by atoms with Crippen molar-refractivity contribution < 1.29 is 9.53 Å². The predicted molar refractivity (Wildman–Crippen MR) is 142 cm³/mol. The van der Waals surface area contributed by atoms with Gasteiger partial charge in [-0.15, -0.1) is 0 Å². The summed E-state index contributed by atoms with van der Waals surface area (Å²) in [6, 6.07) is 2.10. The van der Waals surface area contributed by atoms with Crippen LogP contribution in [0.2, 0.25) is 0 Å². The van der Waals surface area contributed by atoms with Crippen LogP contribution in [0.1, 0.15) is 69.1 Å². The van der Waals surface area contributed by atoms with Gasteiger partial charge in [-0.25, -0.2) is 0 Å². The minimum Gasteiger partial charge on any atom is -0.378 e. The van der Waals surface area contributed by atoms with Gasteiger partial charge in [-0.2, -0.15) is 5.26 Å². The number of rotatable bonds is 10. The molecule has 1 aromatic rings. The molecule has 0 bridgehead atoms. The molecule has 34 heavy (non-hydrogen) atoms. The molecule has 3 heterocycles. The van der Waals surface area contributed by atoms with Crippen molar-refractivity contribution in [2.75, 3.05) is 37.7 Å². The number of hydrogen-bond acceptors (Lipinski definition) is 7. The summed E-state index contributed by atoms with van der Waals surface area (Å²) < 4.78 is 7.79. The molecule has 0 N–H and O–H groups in total. The van der Waals surface area contributed by atoms with E-state index in [-0.39, 0.29) is 17.0 Å². The number of morpholine rings is 1. The summed E-state index contributed by atoms with van der Waals surface area (Å²) in [5.41, 5.74) is 1.20. The monoisotopic (exact) mass is 502 g/mol. The van der Waals surface area contributed by atoms with Gasteiger partial charge in [0.25, 0.3) is 11.5 Å². The maximum Gasteiger partial charge on any atom is 0.270 e. The number of carbonyl (C=O) groups is 1. The van der Waals surface area contributed by atoms with Crippen LogP contribution in [0.25, 0.3) is 6.08 Å². The SMILES string of the molecule is CCCCCCCN1C(=O)/C(=C/c2c(C)c(C#N)c(=O)n(CCC)c2N2CCOCC2)SC1=S. The third-order valence-corrected chi connectivity index (χ3v) is 7.62. The molecule has 3 rings (SSSR count). The van der Waals surface area contributed by atoms with Crippen LogP contribution in [-0.4, -0.2) is 52.5 Å². The van der Waals surface area contributed by atoms with Crippen molar-refractivity contribution in [2.45, 2.75) is 65.8 Å². The lowest BCUT2D eigenvalue weighted by Crippen LogP contribution is -2.41. The third kappa shape index (κ3) is 5.73. The molecular formula is C25H34N4O3S2. The molecule has 7 nitrogen and oxygen atoms in total. The van der Waals surface area contributed by atoms with Crippen molar-refractivity contribution in [1.82, 2.24) is 9.47 Å². The average Bonchev–Trinajstić information content (AvgIpc) is 3.10. The topological polar surface area (TPSA) is 78.6 Å². The minimum absolute atomic E-state index is 0.0930. The molecule has 9 heteroatoms. The molecule has 0 aromatic carbocycles. The Hall–Kier alpha value is -2.15. The van der Waals surface area contributed by atoms with Gasteiger partial charge in [-0.3, -0.25) is 19.1 Å². The lowest BCUT2D eigenvalue weighted by molar-refractivity contribution is -0.122. The number of ether oxygens (including phenoxy) is 1. The second-order valence-electron chi connectivity index (χ2n) is 8.65. The van der Waals surface area contributed by atoms with E-state index in [0.29, 0.717) is 54.2 Å². The number of anilines is 1. The molecule has 0 aliphatic carbocycles. The summed E-state index contributed by atoms with van der Waals surface area (Å²) in [5.74, 6) is 0.668. The van der Waals surface area contributed by atoms with Gasteiger partial charge >= 0.3 is 0 Å². The van der Waals surface area contributed by atoms with Gasteiger partial charge in [-0.05, 0) is 31.4 Å². The Labute approximate surface area is 211 Å². The highest BCUT2D eigenvalue weighted by molar-refractivity contribution is 8.26. The highest BCUT2D eigenvalue weighted by Crippen LogP contribution is 2.36. The quantitative estimate of drug-likeness (QED) is 0.266. The molecule has 2 aliphatic heterocycles. The van der Waals surface area contributed by atoms with Crippen LogP contribution in [0.3, 0.4) is 0 Å². The van der Waals surface area contributed by atoms with E-state index in [1.54, 1.807) is 16.4 Å². The number of unbranched alkanes of at least 4 members (excludes halogenated alkanes) is 4. The van der Waals surface area contributed by atoms with E-state index in [9.17, 15) is 14.9 Å². The fraction of sp³-hybridized carbons (Fsp3) is 0.600. The lowest BCUT2D eigenvalue weighted by atomic mass is 10.0. The van der Waals surface area contributed by atoms with Gasteiger partial charge in [-0.1, -0.05) is 63.5 Å². The number of thiocarbonyl (C=S) groups is 1. The number of carbonyl (C=O) groups excluding carboxylic acids is 1. The summed E-state index contributed by atoms with van der Waals surface area (Å²) in [6.45, 7) is 9.54. The van der Waals surface area contributed by atoms with E-state index in [4.69, 9.17) is 17.0 Å². The molecule has 0 spiro atoms. The molecule has 0 unspecified atom stereocenters. The Morgan fingerprint density at radius 3 is 2.44 bits per heavy atom. The molecule has 2 fully saturated rings. The second kappa shape index (κ2) is 12.5. The Balaban J connectivity index is 2.02. The van der Waals surface area contributed by atoms with Crippen LogP contribution in [0.15, 0.2) is 9.70 Å². The largest absolute Gasteiger partial charge is 0.378 e. The zero-order chi connectivity index (χ0) is 24.7. The van der Waals surface area contributed by atoms with Crippen molar-refractivity contribution >= 4 is 46.1 Å². The van der Waals surface area contributed by atoms with Crippen LogP contribution in [0, 0.1) is 18.3 Å². The van der Waals surface area contributed by atoms with Crippen LogP contribution in [0.4, 0.5) is 5.82 Å². The first-order valence-electron chi connectivity index (χ1n) is 12.2. The summed E-state index contributed by atoms with van der Waals surface area (Å²) in [6.07, 6.45) is 8.15. The molecule has 2 aliphatic rings. The van der Waals surface area contributed by atoms with E-state index in [0.717, 1.165) is 30.6 Å². The van der Waals surface area contributed by atoms with E-state index < -0.39 is 0 Å². The van der Waals surface area contributed by atoms with Crippen LogP contribution < -0.4 is 10.5 Å². The van der Waals surface area contributed by atoms with Crippen molar-refractivity contribution in [1.29, 1.82) is 5.26 Å². The number of hydrogen-bond donors (Lipinski definition) is 0. The lowest BCUT2D eigenvalue weighted by Gasteiger charge is -2.33. The number of nitriles is 1. The fourth-order valence-corrected chi connectivity index (χ4v) is 5.68. The Morgan fingerprint density at radius 1 is 1.09 bits per heavy atom. The van der Waals surface area contributed by atoms with Gasteiger partial charge < -0.3 is 9.64 Å². The summed E-state index contributed by atoms with van der Waals surface area (Å²) in [7, 11) is 0. The fourth-order valence-electron chi connectivity index (χ4n) is 4.39. The highest BCUT2D eigenvalue weighted by Gasteiger charge is 2.33. The van der Waals surface area contributed by atoms with Crippen LogP contribution >= 0.6 is 24.0 Å². The molecule has 1 aromatic heterocycles. The second-order valence-corrected chi connectivity index (χ2v) is 10.3. The first kappa shape index (κ1) is 26.5. The highest BCUT2D eigenvalue weighted by atomic mass is 32.2. The van der Waals surface area contributed by atoms with Gasteiger partial charge in [0.15, 0.2) is 0 Å². The Morgan fingerprint density at radius 2 is 1.79 bits per heavy atom. The summed E-state index contributed by atoms with van der Waals surface area (Å²) in [4.78, 5) is 30.8. The van der Waals surface area contributed by atoms with Crippen molar-refractivity contribution in [3.05, 3.63) is 31.9 Å². The maximum absolute atomic E-state index is 13.3. The first-order chi connectivity index (χ1) is 16.4. The Kier molecular flexibility index (Phi) is 9.74. The third-order valence-electron chi connectivity index (χ3n) is 6.24. The summed E-state index contributed by atoms with van der Waals surface area (Å²) in [5, 5.41) is 9.75. The van der Waals surface area contributed by atoms with E-state index in [1.165, 1.54) is 31.0 Å². The van der Waals surface area contributed by atoms with Gasteiger partial charge in [0, 0.05) is 31.7 Å². The van der Waals surface area contributed by atoms with Crippen LogP contribution in [-0.2, 0) is 16.1 Å². The minimum atomic E-state index is -0.278. The molecule has 0 atom stereocenters. The first-order valence-corrected chi connectivity index (χ1v) is 13.4. The average molecular weight is 503 g/mol. The number of pyridine rings is 1. The predicted octanol–water partition coefficient (Wildman–Crippen LogP) is 4.45. The van der Waals surface area contributed by atoms with Crippen molar-refractivity contribution in [2.24, 2.45) is 0 Å². The van der Waals surface area contributed by atoms with Crippen molar-refractivity contribution in [3.63, 3.8) is 0 Å². The van der Waals surface area contributed by atoms with E-state index in [2.05, 4.69) is 17.9 Å². The zero-order valence-corrected chi connectivity index (χ0v) is 22.0. The van der Waals surface area contributed by atoms with Gasteiger partial charge in [0.1, 0.15) is 21.8 Å². The smallest absolute Gasteiger partial charge is 0.270 e. The summed E-state index contributed by atoms with van der Waals surface area (Å²) >= 11 is 6.83. The van der Waals surface area contributed by atoms with Crippen molar-refractivity contribution in [3.8, 4) is 6.07 Å². The molecular weight excluding hydrogens is 468 g/mol. The number of nitrogens with zero attached hydrogens (tertiary/aromatic N) is 4. The maximum atomic E-state index is 13.3. The van der Waals surface area contributed by atoms with Gasteiger partial charge in [0.05, 0.1) is 18.1 Å². The molecule has 184 valence electrons. The van der Waals surface area contributed by atoms with E-state index >= 15 is 0 Å². The number of aromatic nitrogens is 1. The number of thioether (sulfide) groups is 1. The normalized spacial score (nSPS) is 17.6. The molecule has 1 amide bonds. The Bertz CT molecular complexity index is 1050. The standard InChI is InChI=1S/C25H34N4O3S2/c1-4-6-7-8-9-11-29-24(31)21(34-25(29)33)16-19-18(3)20(17-26)23(30)28(10-5-2)22(19)27-12-14-32-15-13-27/h16H,4-15H2,1-3H3/b21-16-. The molecule has 2 saturated heterocycles. The van der Waals surface area contributed by atoms with Crippen LogP contribution in [0.5, 0.6) is 0 Å².